The maximum Gasteiger partial charge on any atom is 0.185 e. The van der Waals surface area contributed by atoms with Gasteiger partial charge in [0, 0.05) is 31.1 Å². The highest BCUT2D eigenvalue weighted by Gasteiger charge is 2.19. The quantitative estimate of drug-likeness (QED) is 0.911. The average molecular weight is 269 g/mol. The van der Waals surface area contributed by atoms with Crippen LogP contribution in [0.25, 0.3) is 0 Å². The van der Waals surface area contributed by atoms with E-state index < -0.39 is 0 Å². The van der Waals surface area contributed by atoms with Gasteiger partial charge < -0.3 is 15.0 Å². The lowest BCUT2D eigenvalue weighted by molar-refractivity contribution is 0.0821. The summed E-state index contributed by atoms with van der Waals surface area (Å²) in [6.45, 7) is 10.3. The third-order valence-corrected chi connectivity index (χ3v) is 4.11. The summed E-state index contributed by atoms with van der Waals surface area (Å²) in [7, 11) is 0. The van der Waals surface area contributed by atoms with E-state index in [1.54, 1.807) is 11.3 Å². The second-order valence-corrected chi connectivity index (χ2v) is 5.65. The van der Waals surface area contributed by atoms with E-state index in [2.05, 4.69) is 36.4 Å². The Hall–Kier alpha value is -0.650. The van der Waals surface area contributed by atoms with Gasteiger partial charge in [-0.05, 0) is 26.8 Å². The van der Waals surface area contributed by atoms with Crippen LogP contribution in [0.15, 0.2) is 5.38 Å². The molecule has 1 fully saturated rings. The third-order valence-electron chi connectivity index (χ3n) is 3.19. The largest absolute Gasteiger partial charge is 0.377 e. The Morgan fingerprint density at radius 3 is 3.28 bits per heavy atom. The molecule has 2 atom stereocenters. The minimum atomic E-state index is 0.297. The lowest BCUT2D eigenvalue weighted by atomic mass is 10.2. The molecule has 1 aliphatic rings. The van der Waals surface area contributed by atoms with Gasteiger partial charge in [-0.25, -0.2) is 4.98 Å². The minimum Gasteiger partial charge on any atom is -0.377 e. The zero-order valence-electron chi connectivity index (χ0n) is 11.5. The molecule has 0 amide bonds. The number of nitrogens with zero attached hydrogens (tertiary/aromatic N) is 2. The van der Waals surface area contributed by atoms with Crippen LogP contribution in [-0.4, -0.2) is 37.3 Å². The van der Waals surface area contributed by atoms with Gasteiger partial charge in [-0.2, -0.15) is 0 Å². The fraction of sp³-hybridized carbons (Fsp3) is 0.769. The van der Waals surface area contributed by atoms with E-state index in [1.807, 2.05) is 0 Å². The molecule has 0 bridgehead atoms. The number of aromatic nitrogens is 1. The van der Waals surface area contributed by atoms with Gasteiger partial charge in [0.25, 0.3) is 0 Å². The van der Waals surface area contributed by atoms with E-state index in [9.17, 15) is 0 Å². The molecule has 0 spiro atoms. The lowest BCUT2D eigenvalue weighted by Crippen LogP contribution is -2.30. The van der Waals surface area contributed by atoms with Crippen molar-refractivity contribution in [1.82, 2.24) is 10.3 Å². The first-order valence-electron chi connectivity index (χ1n) is 6.76. The lowest BCUT2D eigenvalue weighted by Gasteiger charge is -2.21. The monoisotopic (exact) mass is 269 g/mol. The summed E-state index contributed by atoms with van der Waals surface area (Å²) in [4.78, 5) is 7.11. The average Bonchev–Trinajstić information content (AvgIpc) is 2.74. The second-order valence-electron chi connectivity index (χ2n) is 4.82. The zero-order valence-corrected chi connectivity index (χ0v) is 12.3. The molecule has 102 valence electrons. The highest BCUT2D eigenvalue weighted by atomic mass is 32.1. The Labute approximate surface area is 113 Å². The maximum atomic E-state index is 5.67. The standard InChI is InChI=1S/C13H23N3OS/c1-4-14-11(3)12-9-18-13(15-12)16-6-5-7-17-10(2)8-16/h9-11,14H,4-8H2,1-3H3. The smallest absolute Gasteiger partial charge is 0.185 e. The van der Waals surface area contributed by atoms with Crippen molar-refractivity contribution in [2.45, 2.75) is 39.3 Å². The van der Waals surface area contributed by atoms with Crippen LogP contribution in [0.1, 0.15) is 38.9 Å². The molecule has 1 N–H and O–H groups in total. The summed E-state index contributed by atoms with van der Waals surface area (Å²) in [5, 5.41) is 6.70. The molecule has 5 heteroatoms. The van der Waals surface area contributed by atoms with Gasteiger partial charge in [-0.3, -0.25) is 0 Å². The van der Waals surface area contributed by atoms with Crippen molar-refractivity contribution >= 4 is 16.5 Å². The number of hydrogen-bond donors (Lipinski definition) is 1. The van der Waals surface area contributed by atoms with E-state index in [-0.39, 0.29) is 0 Å². The van der Waals surface area contributed by atoms with Gasteiger partial charge in [-0.15, -0.1) is 11.3 Å². The van der Waals surface area contributed by atoms with Crippen LogP contribution in [0.5, 0.6) is 0 Å². The Morgan fingerprint density at radius 2 is 2.50 bits per heavy atom. The molecule has 2 unspecified atom stereocenters. The van der Waals surface area contributed by atoms with E-state index in [4.69, 9.17) is 9.72 Å². The Balaban J connectivity index is 2.04. The van der Waals surface area contributed by atoms with Crippen molar-refractivity contribution < 1.29 is 4.74 Å². The number of hydrogen-bond acceptors (Lipinski definition) is 5. The van der Waals surface area contributed by atoms with Gasteiger partial charge in [0.2, 0.25) is 0 Å². The first-order valence-corrected chi connectivity index (χ1v) is 7.64. The normalized spacial score (nSPS) is 22.8. The molecule has 1 saturated heterocycles. The highest BCUT2D eigenvalue weighted by molar-refractivity contribution is 7.13. The van der Waals surface area contributed by atoms with Gasteiger partial charge in [0.1, 0.15) is 0 Å². The molecule has 0 saturated carbocycles. The first kappa shape index (κ1) is 13.8. The summed E-state index contributed by atoms with van der Waals surface area (Å²) in [5.41, 5.74) is 1.15. The molecular weight excluding hydrogens is 246 g/mol. The molecule has 1 aromatic heterocycles. The van der Waals surface area contributed by atoms with Gasteiger partial charge in [0.15, 0.2) is 5.13 Å². The van der Waals surface area contributed by atoms with Crippen molar-refractivity contribution in [3.63, 3.8) is 0 Å². The molecule has 0 radical (unpaired) electrons. The maximum absolute atomic E-state index is 5.67. The van der Waals surface area contributed by atoms with Crippen LogP contribution in [-0.2, 0) is 4.74 Å². The number of anilines is 1. The summed E-state index contributed by atoms with van der Waals surface area (Å²) >= 11 is 1.74. The highest BCUT2D eigenvalue weighted by Crippen LogP contribution is 2.25. The van der Waals surface area contributed by atoms with E-state index in [0.717, 1.165) is 43.5 Å². The summed E-state index contributed by atoms with van der Waals surface area (Å²) in [5.74, 6) is 0. The summed E-state index contributed by atoms with van der Waals surface area (Å²) in [6.07, 6.45) is 1.38. The van der Waals surface area contributed by atoms with Crippen molar-refractivity contribution in [3.05, 3.63) is 11.1 Å². The van der Waals surface area contributed by atoms with Crippen LogP contribution in [0, 0.1) is 0 Å². The Kier molecular flexibility index (Phi) is 4.97. The molecule has 2 rings (SSSR count). The van der Waals surface area contributed by atoms with Crippen molar-refractivity contribution in [2.24, 2.45) is 0 Å². The first-order chi connectivity index (χ1) is 8.70. The number of ether oxygens (including phenoxy) is 1. The minimum absolute atomic E-state index is 0.297. The molecule has 4 nitrogen and oxygen atoms in total. The number of thiazole rings is 1. The molecule has 1 aromatic rings. The molecular formula is C13H23N3OS. The topological polar surface area (TPSA) is 37.4 Å². The number of nitrogens with one attached hydrogen (secondary N) is 1. The third kappa shape index (κ3) is 3.43. The van der Waals surface area contributed by atoms with Crippen molar-refractivity contribution in [2.75, 3.05) is 31.1 Å². The summed E-state index contributed by atoms with van der Waals surface area (Å²) < 4.78 is 5.67. The molecule has 2 heterocycles. The van der Waals surface area contributed by atoms with Gasteiger partial charge >= 0.3 is 0 Å². The Morgan fingerprint density at radius 1 is 1.67 bits per heavy atom. The van der Waals surface area contributed by atoms with E-state index in [1.165, 1.54) is 0 Å². The van der Waals surface area contributed by atoms with Crippen LogP contribution in [0.3, 0.4) is 0 Å². The molecule has 18 heavy (non-hydrogen) atoms. The van der Waals surface area contributed by atoms with Gasteiger partial charge in [-0.1, -0.05) is 6.92 Å². The van der Waals surface area contributed by atoms with Crippen LogP contribution >= 0.6 is 11.3 Å². The fourth-order valence-electron chi connectivity index (χ4n) is 2.20. The second kappa shape index (κ2) is 6.50. The SMILES string of the molecule is CCNC(C)c1csc(N2CCCOC(C)C2)n1. The summed E-state index contributed by atoms with van der Waals surface area (Å²) in [6, 6.07) is 0.334. The van der Waals surface area contributed by atoms with Crippen molar-refractivity contribution in [1.29, 1.82) is 0 Å². The number of rotatable bonds is 4. The molecule has 0 aromatic carbocycles. The zero-order chi connectivity index (χ0) is 13.0. The molecule has 0 aliphatic carbocycles. The predicted molar refractivity (Wildman–Crippen MR) is 76.4 cm³/mol. The molecule has 1 aliphatic heterocycles. The van der Waals surface area contributed by atoms with Crippen LogP contribution < -0.4 is 10.2 Å². The van der Waals surface area contributed by atoms with Gasteiger partial charge in [0.05, 0.1) is 11.8 Å². The Bertz CT molecular complexity index is 369. The van der Waals surface area contributed by atoms with E-state index >= 15 is 0 Å². The van der Waals surface area contributed by atoms with E-state index in [0.29, 0.717) is 12.1 Å². The van der Waals surface area contributed by atoms with Crippen molar-refractivity contribution in [3.8, 4) is 0 Å². The predicted octanol–water partition coefficient (Wildman–Crippen LogP) is 2.43. The fourth-order valence-corrected chi connectivity index (χ4v) is 3.16. The van der Waals surface area contributed by atoms with Crippen LogP contribution in [0.4, 0.5) is 5.13 Å². The van der Waals surface area contributed by atoms with Crippen LogP contribution in [0.2, 0.25) is 0 Å².